The fourth-order valence-corrected chi connectivity index (χ4v) is 4.70. The SMILES string of the molecule is CC(C)(ON=C(C(=O)N[C@H]1C(=O)N(S(=O)(=O)[O-])[C@H]1CC#N)c1csc(N)n1)C(=O)OCc1ccc([N+](=O)[O-])cc1.[Na+]. The minimum absolute atomic E-state index is 0. The fraction of sp³-hybridized carbons (Fsp3) is 0.333. The average molecular weight is 618 g/mol. The molecule has 0 saturated carbocycles. The van der Waals surface area contributed by atoms with Crippen LogP contribution in [-0.2, 0) is 40.9 Å². The molecule has 20 heteroatoms. The van der Waals surface area contributed by atoms with E-state index >= 15 is 0 Å². The minimum Gasteiger partial charge on any atom is -0.731 e. The molecule has 1 fully saturated rings. The Morgan fingerprint density at radius 1 is 1.34 bits per heavy atom. The van der Waals surface area contributed by atoms with Crippen molar-refractivity contribution in [2.75, 3.05) is 5.73 Å². The predicted octanol–water partition coefficient (Wildman–Crippen LogP) is -3.05. The number of rotatable bonds is 11. The number of nitrogens with zero attached hydrogens (tertiary/aromatic N) is 5. The molecule has 1 aliphatic rings. The van der Waals surface area contributed by atoms with Crippen LogP contribution in [0.1, 0.15) is 31.5 Å². The summed E-state index contributed by atoms with van der Waals surface area (Å²) in [5.74, 6) is -3.28. The molecule has 212 valence electrons. The van der Waals surface area contributed by atoms with Crippen LogP contribution < -0.4 is 40.6 Å². The third-order valence-corrected chi connectivity index (χ3v) is 6.96. The van der Waals surface area contributed by atoms with Crippen LogP contribution in [0.4, 0.5) is 10.8 Å². The number of aromatic nitrogens is 1. The van der Waals surface area contributed by atoms with E-state index in [0.717, 1.165) is 11.3 Å². The molecule has 3 rings (SSSR count). The van der Waals surface area contributed by atoms with Crippen LogP contribution in [0.3, 0.4) is 0 Å². The number of carbonyl (C=O) groups excluding carboxylic acids is 3. The maximum absolute atomic E-state index is 13.0. The van der Waals surface area contributed by atoms with Gasteiger partial charge in [0.2, 0.25) is 5.60 Å². The summed E-state index contributed by atoms with van der Waals surface area (Å²) in [6.07, 6.45) is -0.571. The van der Waals surface area contributed by atoms with E-state index in [1.807, 2.05) is 0 Å². The number of nitrogen functional groups attached to an aromatic ring is 1. The number of thiazole rings is 1. The van der Waals surface area contributed by atoms with Crippen LogP contribution in [0.2, 0.25) is 0 Å². The van der Waals surface area contributed by atoms with Gasteiger partial charge in [-0.2, -0.15) is 5.26 Å². The number of nitro benzene ring substituents is 1. The molecule has 2 aromatic rings. The number of nitro groups is 1. The molecule has 0 bridgehead atoms. The number of nitrogens with one attached hydrogen (secondary N) is 1. The molecule has 2 atom stereocenters. The Labute approximate surface area is 258 Å². The third kappa shape index (κ3) is 7.96. The van der Waals surface area contributed by atoms with Crippen molar-refractivity contribution in [2.24, 2.45) is 5.16 Å². The van der Waals surface area contributed by atoms with E-state index in [2.05, 4.69) is 15.5 Å². The van der Waals surface area contributed by atoms with Gasteiger partial charge in [0.15, 0.2) is 21.1 Å². The van der Waals surface area contributed by atoms with E-state index in [-0.39, 0.29) is 57.0 Å². The molecule has 1 aliphatic heterocycles. The molecule has 0 aliphatic carbocycles. The van der Waals surface area contributed by atoms with Crippen LogP contribution in [0.5, 0.6) is 0 Å². The second-order valence-corrected chi connectivity index (χ2v) is 10.7. The number of amides is 2. The molecular formula is C21H20N7NaO10S2. The number of non-ortho nitro benzene ring substituents is 1. The van der Waals surface area contributed by atoms with E-state index in [4.69, 9.17) is 20.6 Å². The first-order chi connectivity index (χ1) is 18.7. The zero-order valence-corrected chi connectivity index (χ0v) is 25.3. The largest absolute Gasteiger partial charge is 1.00 e. The first kappa shape index (κ1) is 33.5. The molecule has 1 saturated heterocycles. The van der Waals surface area contributed by atoms with Gasteiger partial charge in [-0.1, -0.05) is 5.16 Å². The maximum atomic E-state index is 13.0. The molecule has 41 heavy (non-hydrogen) atoms. The molecule has 17 nitrogen and oxygen atoms in total. The number of hydrogen-bond donors (Lipinski definition) is 2. The smallest absolute Gasteiger partial charge is 0.731 e. The first-order valence-electron chi connectivity index (χ1n) is 11.0. The summed E-state index contributed by atoms with van der Waals surface area (Å²) in [7, 11) is -5.23. The fourth-order valence-electron chi connectivity index (χ4n) is 3.29. The van der Waals surface area contributed by atoms with Crippen molar-refractivity contribution in [1.82, 2.24) is 14.6 Å². The van der Waals surface area contributed by atoms with Gasteiger partial charge in [0.05, 0.1) is 23.5 Å². The number of nitriles is 1. The van der Waals surface area contributed by atoms with Crippen LogP contribution in [0.15, 0.2) is 34.8 Å². The van der Waals surface area contributed by atoms with Gasteiger partial charge in [0.1, 0.15) is 18.3 Å². The van der Waals surface area contributed by atoms with Crippen LogP contribution >= 0.6 is 11.3 Å². The van der Waals surface area contributed by atoms with Gasteiger partial charge in [-0.25, -0.2) is 22.5 Å². The van der Waals surface area contributed by atoms with E-state index in [9.17, 15) is 37.5 Å². The Kier molecular flexibility index (Phi) is 10.9. The third-order valence-electron chi connectivity index (χ3n) is 5.35. The number of β-lactam (4-membered cyclic amide) rings is 1. The predicted molar refractivity (Wildman–Crippen MR) is 134 cm³/mol. The molecule has 1 aromatic carbocycles. The number of carbonyl (C=O) groups is 3. The van der Waals surface area contributed by atoms with Gasteiger partial charge in [-0.05, 0) is 31.5 Å². The molecule has 2 amide bonds. The molecule has 1 aromatic heterocycles. The second-order valence-electron chi connectivity index (χ2n) is 8.58. The zero-order valence-electron chi connectivity index (χ0n) is 21.7. The number of hydrogen-bond acceptors (Lipinski definition) is 15. The van der Waals surface area contributed by atoms with Gasteiger partial charge in [0.25, 0.3) is 17.5 Å². The van der Waals surface area contributed by atoms with Gasteiger partial charge in [-0.3, -0.25) is 19.7 Å². The normalized spacial score (nSPS) is 17.0. The molecule has 0 radical (unpaired) electrons. The Balaban J connectivity index is 0.00000588. The van der Waals surface area contributed by atoms with Crippen molar-refractivity contribution in [3.05, 3.63) is 51.0 Å². The maximum Gasteiger partial charge on any atom is 1.00 e. The topological polar surface area (TPSA) is 260 Å². The molecule has 2 heterocycles. The van der Waals surface area contributed by atoms with Crippen LogP contribution in [0, 0.1) is 21.4 Å². The number of esters is 1. The quantitative estimate of drug-likeness (QED) is 0.0483. The molecule has 0 unspecified atom stereocenters. The van der Waals surface area contributed by atoms with Crippen molar-refractivity contribution < 1.29 is 71.4 Å². The van der Waals surface area contributed by atoms with Crippen molar-refractivity contribution in [2.45, 2.75) is 44.6 Å². The standard InChI is InChI=1S/C21H21N7O10S2.Na/c1-21(2,19(31)37-9-11-3-5-12(6-4-11)28(32)33)38-26-15(13-10-39-20(23)24-13)17(29)25-16-14(7-8-22)27(18(16)30)40(34,35)36;/h3-6,10,14,16H,7,9H2,1-2H3,(H2,23,24)(H,25,29)(H,34,35,36);/q;+1/p-1/t14-,16+;/m0./s1. The number of benzene rings is 1. The summed E-state index contributed by atoms with van der Waals surface area (Å²) in [5, 5.41) is 27.0. The van der Waals surface area contributed by atoms with Gasteiger partial charge in [-0.15, -0.1) is 11.3 Å². The first-order valence-corrected chi connectivity index (χ1v) is 13.2. The summed E-state index contributed by atoms with van der Waals surface area (Å²) in [6.45, 7) is 2.29. The zero-order chi connectivity index (χ0) is 29.8. The van der Waals surface area contributed by atoms with Crippen LogP contribution in [-0.4, -0.2) is 68.4 Å². The van der Waals surface area contributed by atoms with E-state index < -0.39 is 62.8 Å². The monoisotopic (exact) mass is 617 g/mol. The molecule has 3 N–H and O–H groups in total. The molecule has 0 spiro atoms. The second kappa shape index (κ2) is 13.3. The summed E-state index contributed by atoms with van der Waals surface area (Å²) < 4.78 is 39.2. The van der Waals surface area contributed by atoms with Crippen LogP contribution in [0.25, 0.3) is 0 Å². The van der Waals surface area contributed by atoms with Crippen molar-refractivity contribution in [1.29, 1.82) is 5.26 Å². The van der Waals surface area contributed by atoms with E-state index in [1.54, 1.807) is 6.07 Å². The summed E-state index contributed by atoms with van der Waals surface area (Å²) in [4.78, 5) is 57.3. The number of anilines is 1. The van der Waals surface area contributed by atoms with Crippen molar-refractivity contribution in [3.63, 3.8) is 0 Å². The summed E-state index contributed by atoms with van der Waals surface area (Å²) >= 11 is 0.928. The summed E-state index contributed by atoms with van der Waals surface area (Å²) in [5.41, 5.74) is 3.47. The average Bonchev–Trinajstić information content (AvgIpc) is 3.30. The Morgan fingerprint density at radius 2 is 1.98 bits per heavy atom. The minimum atomic E-state index is -5.23. The van der Waals surface area contributed by atoms with Gasteiger partial charge < -0.3 is 25.2 Å². The van der Waals surface area contributed by atoms with E-state index in [1.165, 1.54) is 43.5 Å². The Morgan fingerprint density at radius 3 is 2.49 bits per heavy atom. The van der Waals surface area contributed by atoms with Gasteiger partial charge >= 0.3 is 35.5 Å². The number of nitrogens with two attached hydrogens (primary N) is 1. The van der Waals surface area contributed by atoms with E-state index in [0.29, 0.717) is 5.56 Å². The number of ether oxygens (including phenoxy) is 1. The number of oxime groups is 1. The summed E-state index contributed by atoms with van der Waals surface area (Å²) in [6, 6.07) is 3.91. The molecular weight excluding hydrogens is 597 g/mol. The Hall–Kier alpha value is -3.67. The van der Waals surface area contributed by atoms with Crippen molar-refractivity contribution in [3.8, 4) is 6.07 Å². The van der Waals surface area contributed by atoms with Crippen molar-refractivity contribution >= 4 is 56.0 Å². The Bertz CT molecular complexity index is 1520. The van der Waals surface area contributed by atoms with Gasteiger partial charge in [0, 0.05) is 17.5 Å².